The second kappa shape index (κ2) is 8.67. The predicted molar refractivity (Wildman–Crippen MR) is 92.2 cm³/mol. The van der Waals surface area contributed by atoms with Gasteiger partial charge >= 0.3 is 0 Å². The van der Waals surface area contributed by atoms with Crippen molar-refractivity contribution in [1.82, 2.24) is 9.97 Å². The van der Waals surface area contributed by atoms with E-state index in [1.807, 2.05) is 0 Å². The Kier molecular flexibility index (Phi) is 6.55. The van der Waals surface area contributed by atoms with Crippen LogP contribution in [-0.2, 0) is 19.6 Å². The van der Waals surface area contributed by atoms with Crippen molar-refractivity contribution in [3.8, 4) is 0 Å². The maximum absolute atomic E-state index is 8.94. The van der Waals surface area contributed by atoms with Crippen LogP contribution in [0.3, 0.4) is 0 Å². The van der Waals surface area contributed by atoms with Crippen LogP contribution in [-0.4, -0.2) is 58.4 Å². The molecule has 4 unspecified atom stereocenters. The first-order valence-electron chi connectivity index (χ1n) is 8.07. The molecular weight excluding hydrogens is 372 g/mol. The lowest BCUT2D eigenvalue weighted by molar-refractivity contribution is -0.471. The summed E-state index contributed by atoms with van der Waals surface area (Å²) < 4.78 is 5.60. The lowest BCUT2D eigenvalue weighted by Gasteiger charge is -2.19. The monoisotopic (exact) mass is 392 g/mol. The van der Waals surface area contributed by atoms with Crippen molar-refractivity contribution in [3.63, 3.8) is 0 Å². The molecule has 140 valence electrons. The molecule has 4 N–H and O–H groups in total. The third-order valence-corrected chi connectivity index (χ3v) is 5.27. The first-order chi connectivity index (χ1) is 12.1. The molecule has 1 aliphatic carbocycles. The van der Waals surface area contributed by atoms with Crippen molar-refractivity contribution in [1.29, 1.82) is 0 Å². The molecule has 0 bridgehead atoms. The van der Waals surface area contributed by atoms with Gasteiger partial charge in [0.25, 0.3) is 0 Å². The fraction of sp³-hybridized carbons (Fsp3) is 0.714. The Hall–Kier alpha value is -0.880. The molecule has 2 heterocycles. The molecule has 1 saturated carbocycles. The van der Waals surface area contributed by atoms with Crippen molar-refractivity contribution in [3.05, 3.63) is 5.15 Å². The summed E-state index contributed by atoms with van der Waals surface area (Å²) in [6, 6.07) is -0.200. The number of aliphatic hydroxyl groups excluding tert-OH is 1. The summed E-state index contributed by atoms with van der Waals surface area (Å²) in [6.45, 7) is 2.22. The van der Waals surface area contributed by atoms with Crippen LogP contribution in [0.1, 0.15) is 19.8 Å². The Morgan fingerprint density at radius 2 is 2.20 bits per heavy atom. The van der Waals surface area contributed by atoms with Crippen LogP contribution in [0.25, 0.3) is 0 Å². The summed E-state index contributed by atoms with van der Waals surface area (Å²) >= 11 is 7.64. The summed E-state index contributed by atoms with van der Waals surface area (Å²) in [5, 5.41) is 17.6. The van der Waals surface area contributed by atoms with Crippen molar-refractivity contribution in [2.24, 2.45) is 0 Å². The summed E-state index contributed by atoms with van der Waals surface area (Å²) in [5.41, 5.74) is 6.29. The van der Waals surface area contributed by atoms with E-state index >= 15 is 0 Å². The first kappa shape index (κ1) is 18.9. The Labute approximate surface area is 154 Å². The topological polar surface area (TPSA) is 121 Å². The van der Waals surface area contributed by atoms with Gasteiger partial charge in [0.15, 0.2) is 22.2 Å². The molecule has 9 nitrogen and oxygen atoms in total. The number of thioether (sulfide) groups is 1. The minimum Gasteiger partial charge on any atom is -0.394 e. The van der Waals surface area contributed by atoms with Gasteiger partial charge in [-0.05, 0) is 12.8 Å². The lowest BCUT2D eigenvalue weighted by Crippen LogP contribution is -2.34. The Morgan fingerprint density at radius 3 is 2.96 bits per heavy atom. The van der Waals surface area contributed by atoms with E-state index < -0.39 is 6.10 Å². The molecule has 0 aromatic carbocycles. The minimum atomic E-state index is -0.392. The highest BCUT2D eigenvalue weighted by molar-refractivity contribution is 7.99. The van der Waals surface area contributed by atoms with Crippen molar-refractivity contribution in [2.45, 2.75) is 49.3 Å². The Balaban J connectivity index is 1.74. The van der Waals surface area contributed by atoms with E-state index in [1.165, 1.54) is 11.8 Å². The average molecular weight is 393 g/mol. The first-order valence-corrected chi connectivity index (χ1v) is 9.44. The van der Waals surface area contributed by atoms with Crippen LogP contribution >= 0.6 is 23.4 Å². The van der Waals surface area contributed by atoms with Crippen LogP contribution < -0.4 is 11.1 Å². The third kappa shape index (κ3) is 4.27. The normalized spacial score (nSPS) is 28.3. The van der Waals surface area contributed by atoms with E-state index in [2.05, 4.69) is 27.2 Å². The smallest absolute Gasteiger partial charge is 0.191 e. The van der Waals surface area contributed by atoms with Gasteiger partial charge in [-0.2, -0.15) is 9.78 Å². The summed E-state index contributed by atoms with van der Waals surface area (Å²) in [6.07, 6.45) is 0.527. The fourth-order valence-electron chi connectivity index (χ4n) is 2.79. The van der Waals surface area contributed by atoms with Gasteiger partial charge in [-0.15, -0.1) is 0 Å². The predicted octanol–water partition coefficient (Wildman–Crippen LogP) is 1.41. The van der Waals surface area contributed by atoms with Crippen LogP contribution in [0.2, 0.25) is 5.15 Å². The number of halogens is 1. The van der Waals surface area contributed by atoms with E-state index in [9.17, 15) is 0 Å². The Bertz CT molecular complexity index is 599. The molecule has 1 saturated heterocycles. The van der Waals surface area contributed by atoms with Crippen molar-refractivity contribution < 1.29 is 24.7 Å². The molecule has 1 aromatic heterocycles. The number of nitrogens with zero attached hydrogens (tertiary/aromatic N) is 2. The van der Waals surface area contributed by atoms with Gasteiger partial charge in [0.05, 0.1) is 25.4 Å². The number of hydrogen-bond donors (Lipinski definition) is 3. The number of nitrogen functional groups attached to an aromatic ring is 1. The molecule has 4 atom stereocenters. The molecule has 1 aromatic rings. The number of rotatable bonds is 8. The molecule has 0 amide bonds. The van der Waals surface area contributed by atoms with Gasteiger partial charge in [0.2, 0.25) is 0 Å². The molecule has 0 radical (unpaired) electrons. The number of anilines is 2. The highest BCUT2D eigenvalue weighted by atomic mass is 35.5. The van der Waals surface area contributed by atoms with Crippen LogP contribution in [0, 0.1) is 0 Å². The van der Waals surface area contributed by atoms with Crippen molar-refractivity contribution in [2.75, 3.05) is 30.0 Å². The highest BCUT2D eigenvalue weighted by Crippen LogP contribution is 2.36. The molecular formula is C14H21ClN4O5S. The zero-order valence-electron chi connectivity index (χ0n) is 13.7. The van der Waals surface area contributed by atoms with Gasteiger partial charge in [-0.3, -0.25) is 0 Å². The number of fused-ring (bicyclic) bond motifs is 1. The van der Waals surface area contributed by atoms with Gasteiger partial charge in [0.1, 0.15) is 11.8 Å². The molecule has 2 aliphatic rings. The fourth-order valence-corrected chi connectivity index (χ4v) is 3.70. The second-order valence-electron chi connectivity index (χ2n) is 5.72. The second-order valence-corrected chi connectivity index (χ2v) is 7.14. The number of aliphatic hydroxyl groups is 1. The number of aromatic nitrogens is 2. The molecule has 11 heteroatoms. The Morgan fingerprint density at radius 1 is 1.40 bits per heavy atom. The van der Waals surface area contributed by atoms with E-state index in [-0.39, 0.29) is 42.3 Å². The minimum absolute atomic E-state index is 0.0693. The summed E-state index contributed by atoms with van der Waals surface area (Å²) in [4.78, 5) is 18.9. The van der Waals surface area contributed by atoms with E-state index in [0.717, 1.165) is 12.2 Å². The summed E-state index contributed by atoms with van der Waals surface area (Å²) in [5.74, 6) is 1.33. The van der Waals surface area contributed by atoms with Gasteiger partial charge in [0, 0.05) is 5.75 Å². The lowest BCUT2D eigenvalue weighted by atomic mass is 10.2. The molecule has 2 fully saturated rings. The maximum atomic E-state index is 8.94. The SMILES string of the molecule is CCCSc1nc(Cl)c(N)c(NC2CC(OCCO)C3OOOC23)n1. The molecule has 1 aliphatic heterocycles. The quantitative estimate of drug-likeness (QED) is 0.259. The van der Waals surface area contributed by atoms with Gasteiger partial charge in [-0.25, -0.2) is 9.97 Å². The zero-order valence-corrected chi connectivity index (χ0v) is 15.3. The largest absolute Gasteiger partial charge is 0.394 e. The zero-order chi connectivity index (χ0) is 17.8. The number of nitrogens with two attached hydrogens (primary N) is 1. The van der Waals surface area contributed by atoms with E-state index in [4.69, 9.17) is 37.0 Å². The van der Waals surface area contributed by atoms with E-state index in [0.29, 0.717) is 17.4 Å². The molecule has 25 heavy (non-hydrogen) atoms. The van der Waals surface area contributed by atoms with Crippen molar-refractivity contribution >= 4 is 34.9 Å². The molecule has 0 spiro atoms. The third-order valence-electron chi connectivity index (χ3n) is 3.93. The number of ether oxygens (including phenoxy) is 1. The van der Waals surface area contributed by atoms with Gasteiger partial charge in [-0.1, -0.05) is 35.3 Å². The number of hydrogen-bond acceptors (Lipinski definition) is 10. The summed E-state index contributed by atoms with van der Waals surface area (Å²) in [7, 11) is 0. The van der Waals surface area contributed by atoms with Crippen LogP contribution in [0.4, 0.5) is 11.5 Å². The number of nitrogens with one attached hydrogen (secondary N) is 1. The van der Waals surface area contributed by atoms with Crippen LogP contribution in [0.15, 0.2) is 5.16 Å². The standard InChI is InChI=1S/C14H21ClN4O5S/c1-2-5-25-14-18-12(15)9(16)13(19-14)17-7-6-8(21-4-3-20)11-10(7)22-24-23-11/h7-8,10-11,20H,2-6,16H2,1H3,(H,17,18,19). The van der Waals surface area contributed by atoms with E-state index in [1.54, 1.807) is 0 Å². The maximum Gasteiger partial charge on any atom is 0.191 e. The highest BCUT2D eigenvalue weighted by Gasteiger charge is 2.51. The van der Waals surface area contributed by atoms with Crippen LogP contribution in [0.5, 0.6) is 0 Å². The van der Waals surface area contributed by atoms with Gasteiger partial charge < -0.3 is 20.9 Å². The molecule has 3 rings (SSSR count). The average Bonchev–Trinajstić information content (AvgIpc) is 3.19.